The Morgan fingerprint density at radius 3 is 2.62 bits per heavy atom. The number of rotatable bonds is 5. The summed E-state index contributed by atoms with van der Waals surface area (Å²) in [5, 5.41) is 8.68. The molecule has 4 rings (SSSR count). The molecule has 1 unspecified atom stereocenters. The third-order valence-electron chi connectivity index (χ3n) is 5.23. The molecule has 1 aliphatic rings. The van der Waals surface area contributed by atoms with Crippen molar-refractivity contribution in [3.05, 3.63) is 46.8 Å². The van der Waals surface area contributed by atoms with Gasteiger partial charge in [-0.1, -0.05) is 5.16 Å². The number of fused-ring (bicyclic) bond motifs is 1. The fourth-order valence-corrected chi connectivity index (χ4v) is 3.60. The van der Waals surface area contributed by atoms with Crippen LogP contribution in [0.4, 0.5) is 0 Å². The molecule has 2 aromatic heterocycles. The van der Waals surface area contributed by atoms with E-state index in [-0.39, 0.29) is 6.04 Å². The molecule has 0 bridgehead atoms. The number of ether oxygens (including phenoxy) is 1. The summed E-state index contributed by atoms with van der Waals surface area (Å²) < 4.78 is 17.0. The molecule has 26 heavy (non-hydrogen) atoms. The summed E-state index contributed by atoms with van der Waals surface area (Å²) in [5.74, 6) is 2.64. The smallest absolute Gasteiger partial charge is 0.244 e. The SMILES string of the molecule is Cc1noc(C(NCc2cc3cc(C)c(C)cc3o2)C2CCOCC2)n1. The monoisotopic (exact) mass is 355 g/mol. The molecule has 3 heterocycles. The lowest BCUT2D eigenvalue weighted by Crippen LogP contribution is -2.32. The minimum absolute atomic E-state index is 0.0109. The molecular formula is C20H25N3O3. The van der Waals surface area contributed by atoms with E-state index in [2.05, 4.69) is 47.5 Å². The minimum atomic E-state index is 0.0109. The summed E-state index contributed by atoms with van der Waals surface area (Å²) in [5.41, 5.74) is 3.45. The number of furan rings is 1. The Kier molecular flexibility index (Phi) is 4.78. The maximum atomic E-state index is 6.03. The van der Waals surface area contributed by atoms with E-state index in [4.69, 9.17) is 13.7 Å². The summed E-state index contributed by atoms with van der Waals surface area (Å²) in [4.78, 5) is 4.45. The molecule has 1 fully saturated rings. The van der Waals surface area contributed by atoms with Crippen molar-refractivity contribution >= 4 is 11.0 Å². The van der Waals surface area contributed by atoms with Crippen molar-refractivity contribution in [1.82, 2.24) is 15.5 Å². The number of benzene rings is 1. The van der Waals surface area contributed by atoms with Crippen LogP contribution in [-0.2, 0) is 11.3 Å². The van der Waals surface area contributed by atoms with E-state index in [9.17, 15) is 0 Å². The summed E-state index contributed by atoms with van der Waals surface area (Å²) >= 11 is 0. The second kappa shape index (κ2) is 7.21. The highest BCUT2D eigenvalue weighted by Crippen LogP contribution is 2.30. The van der Waals surface area contributed by atoms with Crippen molar-refractivity contribution in [2.45, 2.75) is 46.2 Å². The van der Waals surface area contributed by atoms with Crippen molar-refractivity contribution in [3.8, 4) is 0 Å². The first-order valence-electron chi connectivity index (χ1n) is 9.21. The normalized spacial score (nSPS) is 17.0. The van der Waals surface area contributed by atoms with Gasteiger partial charge in [0, 0.05) is 18.6 Å². The van der Waals surface area contributed by atoms with Gasteiger partial charge in [-0.3, -0.25) is 5.32 Å². The molecule has 0 aliphatic carbocycles. The number of hydrogen-bond acceptors (Lipinski definition) is 6. The molecule has 1 N–H and O–H groups in total. The maximum Gasteiger partial charge on any atom is 0.244 e. The molecule has 1 aliphatic heterocycles. The van der Waals surface area contributed by atoms with Gasteiger partial charge in [-0.05, 0) is 68.9 Å². The van der Waals surface area contributed by atoms with Crippen LogP contribution in [0.25, 0.3) is 11.0 Å². The van der Waals surface area contributed by atoms with Crippen molar-refractivity contribution in [2.24, 2.45) is 5.92 Å². The largest absolute Gasteiger partial charge is 0.460 e. The summed E-state index contributed by atoms with van der Waals surface area (Å²) in [6.07, 6.45) is 1.97. The van der Waals surface area contributed by atoms with Crippen molar-refractivity contribution < 1.29 is 13.7 Å². The van der Waals surface area contributed by atoms with Gasteiger partial charge in [0.15, 0.2) is 5.82 Å². The number of aryl methyl sites for hydroxylation is 3. The molecular weight excluding hydrogens is 330 g/mol. The molecule has 3 aromatic rings. The van der Waals surface area contributed by atoms with Crippen LogP contribution in [0, 0.1) is 26.7 Å². The van der Waals surface area contributed by atoms with E-state index in [0.29, 0.717) is 24.2 Å². The Labute approximate surface area is 152 Å². The predicted molar refractivity (Wildman–Crippen MR) is 97.8 cm³/mol. The lowest BCUT2D eigenvalue weighted by molar-refractivity contribution is 0.0483. The molecule has 0 saturated carbocycles. The standard InChI is InChI=1S/C20H25N3O3/c1-12-8-16-10-17(25-18(16)9-13(12)2)11-21-19(15-4-6-24-7-5-15)20-22-14(3)23-26-20/h8-10,15,19,21H,4-7,11H2,1-3H3. The first-order chi connectivity index (χ1) is 12.6. The Bertz CT molecular complexity index is 854. The van der Waals surface area contributed by atoms with Crippen LogP contribution in [0.3, 0.4) is 0 Å². The van der Waals surface area contributed by atoms with E-state index in [1.165, 1.54) is 11.1 Å². The van der Waals surface area contributed by atoms with E-state index in [1.54, 1.807) is 0 Å². The Hall–Kier alpha value is -2.18. The molecule has 1 aromatic carbocycles. The lowest BCUT2D eigenvalue weighted by atomic mass is 9.91. The van der Waals surface area contributed by atoms with Crippen molar-refractivity contribution in [3.63, 3.8) is 0 Å². The third kappa shape index (κ3) is 3.52. The second-order valence-electron chi connectivity index (χ2n) is 7.18. The topological polar surface area (TPSA) is 73.3 Å². The van der Waals surface area contributed by atoms with Crippen LogP contribution in [0.5, 0.6) is 0 Å². The van der Waals surface area contributed by atoms with Crippen molar-refractivity contribution in [1.29, 1.82) is 0 Å². The zero-order valence-electron chi connectivity index (χ0n) is 15.5. The number of nitrogens with one attached hydrogen (secondary N) is 1. The van der Waals surface area contributed by atoms with Crippen LogP contribution in [0.1, 0.15) is 47.5 Å². The van der Waals surface area contributed by atoms with Gasteiger partial charge in [0.25, 0.3) is 0 Å². The fraction of sp³-hybridized carbons (Fsp3) is 0.500. The first-order valence-corrected chi connectivity index (χ1v) is 9.21. The van der Waals surface area contributed by atoms with Crippen LogP contribution >= 0.6 is 0 Å². The molecule has 1 saturated heterocycles. The van der Waals surface area contributed by atoms with Gasteiger partial charge in [0.2, 0.25) is 5.89 Å². The minimum Gasteiger partial charge on any atom is -0.460 e. The molecule has 0 radical (unpaired) electrons. The van der Waals surface area contributed by atoms with Gasteiger partial charge in [-0.2, -0.15) is 4.98 Å². The average Bonchev–Trinajstić information content (AvgIpc) is 3.22. The molecule has 1 atom stereocenters. The Balaban J connectivity index is 1.54. The van der Waals surface area contributed by atoms with E-state index < -0.39 is 0 Å². The zero-order chi connectivity index (χ0) is 18.1. The predicted octanol–water partition coefficient (Wildman–Crippen LogP) is 4.00. The molecule has 6 nitrogen and oxygen atoms in total. The van der Waals surface area contributed by atoms with Gasteiger partial charge in [-0.15, -0.1) is 0 Å². The summed E-state index contributed by atoms with van der Waals surface area (Å²) in [6.45, 7) is 8.25. The highest BCUT2D eigenvalue weighted by molar-refractivity contribution is 5.79. The van der Waals surface area contributed by atoms with Crippen LogP contribution in [0.15, 0.2) is 27.1 Å². The number of nitrogens with zero attached hydrogens (tertiary/aromatic N) is 2. The van der Waals surface area contributed by atoms with Gasteiger partial charge in [0.1, 0.15) is 11.3 Å². The van der Waals surface area contributed by atoms with Crippen LogP contribution in [0.2, 0.25) is 0 Å². The lowest BCUT2D eigenvalue weighted by Gasteiger charge is -2.28. The highest BCUT2D eigenvalue weighted by Gasteiger charge is 2.29. The molecule has 6 heteroatoms. The van der Waals surface area contributed by atoms with E-state index in [1.807, 2.05) is 6.92 Å². The van der Waals surface area contributed by atoms with Gasteiger partial charge in [0.05, 0.1) is 12.6 Å². The van der Waals surface area contributed by atoms with E-state index in [0.717, 1.165) is 42.8 Å². The number of aromatic nitrogens is 2. The zero-order valence-corrected chi connectivity index (χ0v) is 15.5. The average molecular weight is 355 g/mol. The van der Waals surface area contributed by atoms with Gasteiger partial charge >= 0.3 is 0 Å². The van der Waals surface area contributed by atoms with Crippen molar-refractivity contribution in [2.75, 3.05) is 13.2 Å². The Morgan fingerprint density at radius 1 is 1.12 bits per heavy atom. The van der Waals surface area contributed by atoms with Crippen LogP contribution in [-0.4, -0.2) is 23.4 Å². The quantitative estimate of drug-likeness (QED) is 0.746. The highest BCUT2D eigenvalue weighted by atomic mass is 16.5. The third-order valence-corrected chi connectivity index (χ3v) is 5.23. The van der Waals surface area contributed by atoms with Gasteiger partial charge in [-0.25, -0.2) is 0 Å². The van der Waals surface area contributed by atoms with E-state index >= 15 is 0 Å². The first kappa shape index (κ1) is 17.2. The molecule has 138 valence electrons. The van der Waals surface area contributed by atoms with Crippen LogP contribution < -0.4 is 5.32 Å². The maximum absolute atomic E-state index is 6.03. The Morgan fingerprint density at radius 2 is 1.88 bits per heavy atom. The summed E-state index contributed by atoms with van der Waals surface area (Å²) in [6, 6.07) is 6.40. The molecule has 0 spiro atoms. The second-order valence-corrected chi connectivity index (χ2v) is 7.18. The summed E-state index contributed by atoms with van der Waals surface area (Å²) in [7, 11) is 0. The fourth-order valence-electron chi connectivity index (χ4n) is 3.60. The number of hydrogen-bond donors (Lipinski definition) is 1. The molecule has 0 amide bonds. The van der Waals surface area contributed by atoms with Gasteiger partial charge < -0.3 is 13.7 Å².